The monoisotopic (exact) mass is 392 g/mol. The van der Waals surface area contributed by atoms with Crippen LogP contribution in [0.1, 0.15) is 92.4 Å². The zero-order valence-electron chi connectivity index (χ0n) is 18.7. The van der Waals surface area contributed by atoms with Gasteiger partial charge in [0.1, 0.15) is 5.78 Å². The molecule has 0 N–H and O–H groups in total. The predicted octanol–water partition coefficient (Wildman–Crippen LogP) is 6.99. The first kappa shape index (κ1) is 21.6. The van der Waals surface area contributed by atoms with E-state index in [1.807, 2.05) is 6.92 Å². The van der Waals surface area contributed by atoms with Crippen LogP contribution in [0.3, 0.4) is 0 Å². The molecule has 0 bridgehead atoms. The number of hydrogen-bond acceptors (Lipinski definition) is 2. The van der Waals surface area contributed by atoms with Crippen molar-refractivity contribution in [3.05, 3.63) is 0 Å². The summed E-state index contributed by atoms with van der Waals surface area (Å²) in [4.78, 5) is 12.0. The highest BCUT2D eigenvalue weighted by atomic mass is 28.4. The Kier molecular flexibility index (Phi) is 6.94. The van der Waals surface area contributed by atoms with E-state index in [1.54, 1.807) is 0 Å². The van der Waals surface area contributed by atoms with Crippen molar-refractivity contribution in [2.24, 2.45) is 29.1 Å². The topological polar surface area (TPSA) is 26.3 Å². The number of fused-ring (bicyclic) bond motifs is 1. The molecule has 0 aromatic rings. The Bertz CT molecular complexity index is 502. The Morgan fingerprint density at radius 3 is 2.30 bits per heavy atom. The second-order valence-electron chi connectivity index (χ2n) is 10.4. The van der Waals surface area contributed by atoms with Gasteiger partial charge in [0.05, 0.1) is 0 Å². The third-order valence-corrected chi connectivity index (χ3v) is 13.6. The molecule has 3 saturated carbocycles. The zero-order chi connectivity index (χ0) is 19.7. The molecular weight excluding hydrogens is 348 g/mol. The lowest BCUT2D eigenvalue weighted by atomic mass is 9.60. The van der Waals surface area contributed by atoms with Crippen molar-refractivity contribution >= 4 is 14.1 Å². The Morgan fingerprint density at radius 1 is 1.07 bits per heavy atom. The molecule has 0 heterocycles. The molecule has 2 nitrogen and oxygen atoms in total. The highest BCUT2D eigenvalue weighted by Gasteiger charge is 2.55. The van der Waals surface area contributed by atoms with E-state index in [2.05, 4.69) is 27.7 Å². The van der Waals surface area contributed by atoms with E-state index in [0.717, 1.165) is 24.2 Å². The number of ketones is 1. The van der Waals surface area contributed by atoms with Crippen LogP contribution in [0, 0.1) is 29.1 Å². The van der Waals surface area contributed by atoms with Gasteiger partial charge in [-0.2, -0.15) is 0 Å². The SMILES string of the molecule is CC[Si](CC)(CC)OC1CCCC2(C)C(C(CC(C)=O)CC3CC3)CCC12. The van der Waals surface area contributed by atoms with Crippen LogP contribution in [-0.2, 0) is 9.22 Å². The lowest BCUT2D eigenvalue weighted by Crippen LogP contribution is -2.48. The van der Waals surface area contributed by atoms with Crippen molar-refractivity contribution in [1.29, 1.82) is 0 Å². The highest BCUT2D eigenvalue weighted by Crippen LogP contribution is 2.60. The molecule has 156 valence electrons. The quantitative estimate of drug-likeness (QED) is 0.374. The zero-order valence-corrected chi connectivity index (χ0v) is 19.7. The van der Waals surface area contributed by atoms with Crippen LogP contribution in [-0.4, -0.2) is 20.2 Å². The fourth-order valence-corrected chi connectivity index (χ4v) is 9.86. The minimum absolute atomic E-state index is 0.408. The molecule has 3 fully saturated rings. The molecule has 0 aromatic heterocycles. The molecule has 5 atom stereocenters. The van der Waals surface area contributed by atoms with Crippen LogP contribution >= 0.6 is 0 Å². The van der Waals surface area contributed by atoms with Gasteiger partial charge in [0.25, 0.3) is 0 Å². The summed E-state index contributed by atoms with van der Waals surface area (Å²) >= 11 is 0. The van der Waals surface area contributed by atoms with Gasteiger partial charge in [0.2, 0.25) is 0 Å². The van der Waals surface area contributed by atoms with Crippen molar-refractivity contribution < 1.29 is 9.22 Å². The minimum Gasteiger partial charge on any atom is -0.414 e. The summed E-state index contributed by atoms with van der Waals surface area (Å²) < 4.78 is 7.08. The summed E-state index contributed by atoms with van der Waals surface area (Å²) in [7, 11) is -1.54. The third-order valence-electron chi connectivity index (χ3n) is 8.92. The van der Waals surface area contributed by atoms with Crippen molar-refractivity contribution in [2.45, 2.75) is 117 Å². The van der Waals surface area contributed by atoms with Gasteiger partial charge >= 0.3 is 0 Å². The van der Waals surface area contributed by atoms with E-state index in [0.29, 0.717) is 23.2 Å². The molecule has 3 rings (SSSR count). The summed E-state index contributed by atoms with van der Waals surface area (Å²) in [5.41, 5.74) is 0.410. The molecular formula is C24H44O2Si. The van der Waals surface area contributed by atoms with E-state index in [9.17, 15) is 4.79 Å². The van der Waals surface area contributed by atoms with Crippen molar-refractivity contribution in [1.82, 2.24) is 0 Å². The van der Waals surface area contributed by atoms with Crippen LogP contribution in [0.15, 0.2) is 0 Å². The van der Waals surface area contributed by atoms with Gasteiger partial charge in [-0.05, 0) is 86.2 Å². The minimum atomic E-state index is -1.54. The van der Waals surface area contributed by atoms with Crippen LogP contribution in [0.25, 0.3) is 0 Å². The van der Waals surface area contributed by atoms with Crippen molar-refractivity contribution in [3.8, 4) is 0 Å². The average Bonchev–Trinajstić information content (AvgIpc) is 3.38. The Morgan fingerprint density at radius 2 is 1.74 bits per heavy atom. The van der Waals surface area contributed by atoms with Crippen LogP contribution in [0.4, 0.5) is 0 Å². The molecule has 5 unspecified atom stereocenters. The van der Waals surface area contributed by atoms with Gasteiger partial charge < -0.3 is 9.22 Å². The molecule has 0 aromatic carbocycles. The lowest BCUT2D eigenvalue weighted by Gasteiger charge is -2.49. The highest BCUT2D eigenvalue weighted by molar-refractivity contribution is 6.73. The first-order valence-electron chi connectivity index (χ1n) is 12.0. The van der Waals surface area contributed by atoms with E-state index < -0.39 is 8.32 Å². The van der Waals surface area contributed by atoms with Crippen molar-refractivity contribution in [2.75, 3.05) is 0 Å². The van der Waals surface area contributed by atoms with E-state index in [-0.39, 0.29) is 0 Å². The summed E-state index contributed by atoms with van der Waals surface area (Å²) in [6.07, 6.45) is 12.1. The largest absolute Gasteiger partial charge is 0.414 e. The fourth-order valence-electron chi connectivity index (χ4n) is 6.94. The number of Topliss-reactive ketones (excluding diaryl/α,β-unsaturated/α-hetero) is 1. The second kappa shape index (κ2) is 8.69. The van der Waals surface area contributed by atoms with E-state index in [4.69, 9.17) is 4.43 Å². The molecule has 3 aliphatic carbocycles. The third kappa shape index (κ3) is 4.55. The summed E-state index contributed by atoms with van der Waals surface area (Å²) in [6, 6.07) is 3.79. The number of rotatable bonds is 10. The standard InChI is InChI=1S/C24H44O2Si/c1-6-27(7-2,8-3)26-23-10-9-15-24(5)21(13-14-22(23)24)20(16-18(4)25)17-19-11-12-19/h19-23H,6-17H2,1-5H3. The summed E-state index contributed by atoms with van der Waals surface area (Å²) in [6.45, 7) is 11.5. The maximum absolute atomic E-state index is 12.0. The molecule has 0 radical (unpaired) electrons. The van der Waals surface area contributed by atoms with Gasteiger partial charge in [-0.3, -0.25) is 0 Å². The molecule has 0 amide bonds. The van der Waals surface area contributed by atoms with Gasteiger partial charge in [-0.25, -0.2) is 0 Å². The Balaban J connectivity index is 1.76. The van der Waals surface area contributed by atoms with E-state index >= 15 is 0 Å². The maximum Gasteiger partial charge on any atom is 0.192 e. The van der Waals surface area contributed by atoms with Gasteiger partial charge in [0, 0.05) is 12.5 Å². The van der Waals surface area contributed by atoms with Crippen LogP contribution in [0.5, 0.6) is 0 Å². The first-order chi connectivity index (χ1) is 12.9. The lowest BCUT2D eigenvalue weighted by molar-refractivity contribution is -0.119. The number of carbonyl (C=O) groups is 1. The van der Waals surface area contributed by atoms with Gasteiger partial charge in [-0.1, -0.05) is 47.0 Å². The first-order valence-corrected chi connectivity index (χ1v) is 14.6. The molecule has 0 aliphatic heterocycles. The maximum atomic E-state index is 12.0. The van der Waals surface area contributed by atoms with Gasteiger partial charge in [0.15, 0.2) is 8.32 Å². The predicted molar refractivity (Wildman–Crippen MR) is 116 cm³/mol. The molecule has 0 saturated heterocycles. The Labute approximate surface area is 169 Å². The van der Waals surface area contributed by atoms with Crippen LogP contribution in [0.2, 0.25) is 18.1 Å². The molecule has 27 heavy (non-hydrogen) atoms. The fraction of sp³-hybridized carbons (Fsp3) is 0.958. The summed E-state index contributed by atoms with van der Waals surface area (Å²) in [5, 5.41) is 0. The second-order valence-corrected chi connectivity index (χ2v) is 15.2. The Hall–Kier alpha value is -0.153. The molecule has 0 spiro atoms. The van der Waals surface area contributed by atoms with E-state index in [1.165, 1.54) is 69.5 Å². The molecule has 3 heteroatoms. The average molecular weight is 393 g/mol. The van der Waals surface area contributed by atoms with Crippen LogP contribution < -0.4 is 0 Å². The molecule has 3 aliphatic rings. The summed E-state index contributed by atoms with van der Waals surface area (Å²) in [5.74, 6) is 3.45. The number of carbonyl (C=O) groups excluding carboxylic acids is 1. The van der Waals surface area contributed by atoms with Gasteiger partial charge in [-0.15, -0.1) is 0 Å². The smallest absolute Gasteiger partial charge is 0.192 e. The van der Waals surface area contributed by atoms with Crippen molar-refractivity contribution in [3.63, 3.8) is 0 Å². The normalized spacial score (nSPS) is 35.1. The number of hydrogen-bond donors (Lipinski definition) is 0.